The first-order valence-electron chi connectivity index (χ1n) is 15.5. The molecule has 42 heavy (non-hydrogen) atoms. The Bertz CT molecular complexity index is 1390. The van der Waals surface area contributed by atoms with Crippen molar-refractivity contribution >= 4 is 21.6 Å². The number of nitrogens with one attached hydrogen (secondary N) is 1. The van der Waals surface area contributed by atoms with Gasteiger partial charge in [-0.05, 0) is 93.8 Å². The monoisotopic (exact) mass is 590 g/mol. The molecule has 6 rings (SSSR count). The lowest BCUT2D eigenvalue weighted by Gasteiger charge is -2.47. The summed E-state index contributed by atoms with van der Waals surface area (Å²) in [4.78, 5) is 17.5. The zero-order chi connectivity index (χ0) is 29.3. The van der Waals surface area contributed by atoms with Gasteiger partial charge in [-0.1, -0.05) is 30.3 Å². The highest BCUT2D eigenvalue weighted by Gasteiger charge is 2.53. The predicted molar refractivity (Wildman–Crippen MR) is 162 cm³/mol. The van der Waals surface area contributed by atoms with E-state index in [9.17, 15) is 18.5 Å². The maximum absolute atomic E-state index is 12.5. The normalized spacial score (nSPS) is 25.3. The summed E-state index contributed by atoms with van der Waals surface area (Å²) in [7, 11) is -1.57. The minimum atomic E-state index is -3.15. The van der Waals surface area contributed by atoms with Crippen molar-refractivity contribution in [3.05, 3.63) is 60.2 Å². The predicted octanol–water partition coefficient (Wildman–Crippen LogP) is 4.76. The largest absolute Gasteiger partial charge is 0.446 e. The molecule has 3 unspecified atom stereocenters. The van der Waals surface area contributed by atoms with E-state index in [4.69, 9.17) is 4.74 Å². The maximum atomic E-state index is 12.5. The van der Waals surface area contributed by atoms with E-state index in [2.05, 4.69) is 33.3 Å². The van der Waals surface area contributed by atoms with Gasteiger partial charge in [-0.15, -0.1) is 0 Å². The minimum absolute atomic E-state index is 0.0235. The molecule has 0 radical (unpaired) electrons. The van der Waals surface area contributed by atoms with Crippen LogP contribution in [0.3, 0.4) is 0 Å². The van der Waals surface area contributed by atoms with Crippen molar-refractivity contribution in [3.63, 3.8) is 0 Å². The second-order valence-electron chi connectivity index (χ2n) is 12.7. The lowest BCUT2D eigenvalue weighted by Crippen LogP contribution is -2.54. The smallest absolute Gasteiger partial charge is 0.407 e. The Morgan fingerprint density at radius 3 is 2.31 bits per heavy atom. The molecule has 0 bridgehead atoms. The van der Waals surface area contributed by atoms with Gasteiger partial charge in [0.2, 0.25) is 0 Å². The molecule has 2 saturated carbocycles. The van der Waals surface area contributed by atoms with Crippen molar-refractivity contribution in [2.24, 2.45) is 17.8 Å². The van der Waals surface area contributed by atoms with Crippen LogP contribution < -0.4 is 10.2 Å². The summed E-state index contributed by atoms with van der Waals surface area (Å²) in [6.07, 6.45) is 5.41. The number of likely N-dealkylation sites (tertiary alicyclic amines) is 1. The fraction of sp³-hybridized carbons (Fsp3) is 0.576. The van der Waals surface area contributed by atoms with Crippen molar-refractivity contribution in [2.75, 3.05) is 44.7 Å². The second-order valence-corrected chi connectivity index (χ2v) is 14.9. The minimum Gasteiger partial charge on any atom is -0.446 e. The number of ether oxygens (including phenoxy) is 1. The molecule has 0 spiro atoms. The Hall–Kier alpha value is -3.09. The average Bonchev–Trinajstić information content (AvgIpc) is 3.77. The third kappa shape index (κ3) is 5.51. The quantitative estimate of drug-likeness (QED) is 0.449. The molecule has 224 valence electrons. The van der Waals surface area contributed by atoms with Gasteiger partial charge in [0.25, 0.3) is 0 Å². The maximum Gasteiger partial charge on any atom is 0.407 e. The van der Waals surface area contributed by atoms with Gasteiger partial charge in [0.05, 0.1) is 21.6 Å². The molecule has 3 atom stereocenters. The highest BCUT2D eigenvalue weighted by molar-refractivity contribution is 7.92. The average molecular weight is 591 g/mol. The van der Waals surface area contributed by atoms with Crippen LogP contribution in [0.1, 0.15) is 50.5 Å². The summed E-state index contributed by atoms with van der Waals surface area (Å²) in [5.41, 5.74) is 1.45. The number of benzene rings is 2. The summed E-state index contributed by atoms with van der Waals surface area (Å²) in [6, 6.07) is 20.4. The van der Waals surface area contributed by atoms with Crippen molar-refractivity contribution in [1.29, 1.82) is 5.26 Å². The zero-order valence-corrected chi connectivity index (χ0v) is 25.3. The molecule has 1 N–H and O–H groups in total. The van der Waals surface area contributed by atoms with E-state index in [1.807, 2.05) is 30.3 Å². The SMILES string of the molecule is CNC(=O)OC1CCCC1C(C#N)(c1ccccc1)C1CCN(CC2CN(c3ccc(S(=O)(=O)C4CC4)cc3)C2)CC1. The summed E-state index contributed by atoms with van der Waals surface area (Å²) in [5, 5.41) is 13.3. The van der Waals surface area contributed by atoms with Crippen molar-refractivity contribution < 1.29 is 17.9 Å². The second kappa shape index (κ2) is 11.9. The molecule has 4 aliphatic rings. The number of piperidine rings is 1. The van der Waals surface area contributed by atoms with E-state index in [0.29, 0.717) is 10.8 Å². The Labute approximate surface area is 249 Å². The molecule has 2 aliphatic heterocycles. The van der Waals surface area contributed by atoms with E-state index >= 15 is 0 Å². The number of sulfone groups is 1. The summed E-state index contributed by atoms with van der Waals surface area (Å²) < 4.78 is 30.8. The van der Waals surface area contributed by atoms with E-state index in [1.165, 1.54) is 0 Å². The summed E-state index contributed by atoms with van der Waals surface area (Å²) >= 11 is 0. The highest BCUT2D eigenvalue weighted by Crippen LogP contribution is 2.51. The number of rotatable bonds is 9. The number of amides is 1. The lowest BCUT2D eigenvalue weighted by molar-refractivity contribution is 0.0307. The first-order valence-corrected chi connectivity index (χ1v) is 17.1. The van der Waals surface area contributed by atoms with Crippen LogP contribution in [0.2, 0.25) is 0 Å². The van der Waals surface area contributed by atoms with Gasteiger partial charge in [0.1, 0.15) is 6.10 Å². The van der Waals surface area contributed by atoms with Crippen molar-refractivity contribution in [2.45, 2.75) is 66.6 Å². The molecule has 2 heterocycles. The lowest BCUT2D eigenvalue weighted by atomic mass is 9.59. The van der Waals surface area contributed by atoms with Gasteiger partial charge < -0.3 is 19.9 Å². The van der Waals surface area contributed by atoms with Gasteiger partial charge >= 0.3 is 6.09 Å². The van der Waals surface area contributed by atoms with Crippen LogP contribution in [-0.4, -0.2) is 70.5 Å². The molecular formula is C33H42N4O4S. The third-order valence-corrected chi connectivity index (χ3v) is 12.4. The fourth-order valence-corrected chi connectivity index (χ4v) is 9.40. The Morgan fingerprint density at radius 1 is 1.00 bits per heavy atom. The highest BCUT2D eigenvalue weighted by atomic mass is 32.2. The summed E-state index contributed by atoms with van der Waals surface area (Å²) in [5.74, 6) is 0.749. The van der Waals surface area contributed by atoms with E-state index in [1.54, 1.807) is 19.2 Å². The third-order valence-electron chi connectivity index (χ3n) is 10.1. The van der Waals surface area contributed by atoms with Gasteiger partial charge in [-0.25, -0.2) is 13.2 Å². The topological polar surface area (TPSA) is 103 Å². The van der Waals surface area contributed by atoms with Gasteiger partial charge in [-0.2, -0.15) is 5.26 Å². The molecule has 2 aromatic rings. The van der Waals surface area contributed by atoms with Crippen molar-refractivity contribution in [1.82, 2.24) is 10.2 Å². The van der Waals surface area contributed by atoms with Crippen LogP contribution in [-0.2, 0) is 20.0 Å². The van der Waals surface area contributed by atoms with Crippen molar-refractivity contribution in [3.8, 4) is 6.07 Å². The van der Waals surface area contributed by atoms with Crippen LogP contribution in [0.15, 0.2) is 59.5 Å². The van der Waals surface area contributed by atoms with E-state index in [0.717, 1.165) is 88.9 Å². The Kier molecular flexibility index (Phi) is 8.21. The number of carbonyl (C=O) groups excluding carboxylic acids is 1. The number of nitrogens with zero attached hydrogens (tertiary/aromatic N) is 3. The molecule has 2 aromatic carbocycles. The van der Waals surface area contributed by atoms with Crippen LogP contribution in [0, 0.1) is 29.1 Å². The van der Waals surface area contributed by atoms with Gasteiger partial charge in [0, 0.05) is 44.2 Å². The fourth-order valence-electron chi connectivity index (χ4n) is 7.74. The Balaban J connectivity index is 1.07. The summed E-state index contributed by atoms with van der Waals surface area (Å²) in [6.45, 7) is 4.90. The standard InChI is InChI=1S/C33H42N4O4S/c1-35-32(38)41-31-9-5-8-30(31)33(23-34,25-6-3-2-4-7-25)26-16-18-36(19-17-26)20-24-21-37(22-24)27-10-12-28(13-11-27)42(39,40)29-14-15-29/h2-4,6-7,10-13,24,26,29-31H,5,8-9,14-22H2,1H3,(H,35,38). The van der Waals surface area contributed by atoms with Crippen LogP contribution in [0.4, 0.5) is 10.5 Å². The molecule has 4 fully saturated rings. The molecule has 0 aromatic heterocycles. The molecule has 2 saturated heterocycles. The number of anilines is 1. The van der Waals surface area contributed by atoms with Crippen LogP contribution in [0.5, 0.6) is 0 Å². The van der Waals surface area contributed by atoms with E-state index < -0.39 is 21.3 Å². The molecule has 8 nitrogen and oxygen atoms in total. The molecule has 1 amide bonds. The van der Waals surface area contributed by atoms with Crippen LogP contribution >= 0.6 is 0 Å². The van der Waals surface area contributed by atoms with Gasteiger partial charge in [0.15, 0.2) is 9.84 Å². The van der Waals surface area contributed by atoms with Gasteiger partial charge in [-0.3, -0.25) is 0 Å². The first-order chi connectivity index (χ1) is 20.3. The zero-order valence-electron chi connectivity index (χ0n) is 24.5. The van der Waals surface area contributed by atoms with Crippen LogP contribution in [0.25, 0.3) is 0 Å². The molecule has 9 heteroatoms. The number of hydrogen-bond donors (Lipinski definition) is 1. The molecular weight excluding hydrogens is 548 g/mol. The molecule has 2 aliphatic carbocycles. The van der Waals surface area contributed by atoms with E-state index in [-0.39, 0.29) is 23.2 Å². The number of alkyl carbamates (subject to hydrolysis) is 1. The number of carbonyl (C=O) groups is 1. The Morgan fingerprint density at radius 2 is 1.69 bits per heavy atom. The number of hydrogen-bond acceptors (Lipinski definition) is 7. The first kappa shape index (κ1) is 29.0. The number of nitriles is 1.